The van der Waals surface area contributed by atoms with Gasteiger partial charge in [0, 0.05) is 15.4 Å². The van der Waals surface area contributed by atoms with Crippen LogP contribution < -0.4 is 5.32 Å². The van der Waals surface area contributed by atoms with Gasteiger partial charge in [-0.15, -0.1) is 0 Å². The molecule has 0 saturated carbocycles. The molecule has 2 rings (SSSR count). The highest BCUT2D eigenvalue weighted by atomic mass is 79.9. The summed E-state index contributed by atoms with van der Waals surface area (Å²) in [5.74, 6) is 1.57. The topological polar surface area (TPSA) is 25.2 Å². The molecule has 0 radical (unpaired) electrons. The van der Waals surface area contributed by atoms with Crippen molar-refractivity contribution in [2.75, 3.05) is 6.54 Å². The average Bonchev–Trinajstić information content (AvgIpc) is 2.77. The molecule has 1 aromatic carbocycles. The zero-order chi connectivity index (χ0) is 15.4. The second-order valence-electron chi connectivity index (χ2n) is 5.96. The first-order valence-electron chi connectivity index (χ1n) is 8.02. The van der Waals surface area contributed by atoms with Crippen LogP contribution in [0, 0.1) is 0 Å². The van der Waals surface area contributed by atoms with Crippen LogP contribution in [0.4, 0.5) is 0 Å². The maximum Gasteiger partial charge on any atom is 0.138 e. The first-order chi connectivity index (χ1) is 10.1. The van der Waals surface area contributed by atoms with Crippen molar-refractivity contribution in [3.8, 4) is 0 Å². The number of nitrogens with one attached hydrogen (secondary N) is 1. The highest BCUT2D eigenvalue weighted by Crippen LogP contribution is 2.35. The Morgan fingerprint density at radius 3 is 2.57 bits per heavy atom. The molecule has 116 valence electrons. The van der Waals surface area contributed by atoms with Crippen molar-refractivity contribution in [2.24, 2.45) is 0 Å². The smallest absolute Gasteiger partial charge is 0.138 e. The fraction of sp³-hybridized carbons (Fsp3) is 0.556. The van der Waals surface area contributed by atoms with Gasteiger partial charge in [0.1, 0.15) is 11.3 Å². The first kappa shape index (κ1) is 16.6. The minimum Gasteiger partial charge on any atom is -0.459 e. The average molecular weight is 352 g/mol. The van der Waals surface area contributed by atoms with Gasteiger partial charge >= 0.3 is 0 Å². The van der Waals surface area contributed by atoms with E-state index in [0.29, 0.717) is 5.92 Å². The third-order valence-corrected chi connectivity index (χ3v) is 4.26. The number of furan rings is 1. The zero-order valence-corrected chi connectivity index (χ0v) is 15.1. The summed E-state index contributed by atoms with van der Waals surface area (Å²) >= 11 is 3.65. The molecule has 0 aliphatic carbocycles. The number of hydrogen-bond acceptors (Lipinski definition) is 2. The van der Waals surface area contributed by atoms with E-state index in [1.807, 2.05) is 0 Å². The van der Waals surface area contributed by atoms with Crippen LogP contribution in [0.5, 0.6) is 0 Å². The standard InChI is InChI=1S/C18H26BrNO/c1-5-7-14-16-10-13(19)9-15(12(3)4)18(16)21-17(14)11-20-8-6-2/h9-10,12,20H,5-8,11H2,1-4H3. The fourth-order valence-electron chi connectivity index (χ4n) is 2.76. The molecule has 3 heteroatoms. The predicted octanol–water partition coefficient (Wildman–Crippen LogP) is 5.77. The van der Waals surface area contributed by atoms with Crippen LogP contribution in [-0.4, -0.2) is 6.54 Å². The summed E-state index contributed by atoms with van der Waals surface area (Å²) in [7, 11) is 0. The van der Waals surface area contributed by atoms with Crippen LogP contribution in [0.25, 0.3) is 11.0 Å². The number of aryl methyl sites for hydroxylation is 1. The minimum atomic E-state index is 0.460. The number of rotatable bonds is 7. The summed E-state index contributed by atoms with van der Waals surface area (Å²) in [5.41, 5.74) is 3.74. The fourth-order valence-corrected chi connectivity index (χ4v) is 3.24. The summed E-state index contributed by atoms with van der Waals surface area (Å²) in [6.45, 7) is 10.7. The Kier molecular flexibility index (Phi) is 5.88. The van der Waals surface area contributed by atoms with Crippen molar-refractivity contribution in [3.05, 3.63) is 33.5 Å². The predicted molar refractivity (Wildman–Crippen MR) is 94.0 cm³/mol. The lowest BCUT2D eigenvalue weighted by Crippen LogP contribution is -2.14. The van der Waals surface area contributed by atoms with Crippen LogP contribution >= 0.6 is 15.9 Å². The van der Waals surface area contributed by atoms with Gasteiger partial charge in [0.05, 0.1) is 6.54 Å². The summed E-state index contributed by atoms with van der Waals surface area (Å²) < 4.78 is 7.41. The van der Waals surface area contributed by atoms with E-state index in [0.717, 1.165) is 48.2 Å². The molecule has 21 heavy (non-hydrogen) atoms. The van der Waals surface area contributed by atoms with E-state index in [9.17, 15) is 0 Å². The van der Waals surface area contributed by atoms with E-state index in [1.54, 1.807) is 0 Å². The molecule has 0 amide bonds. The second-order valence-corrected chi connectivity index (χ2v) is 6.87. The first-order valence-corrected chi connectivity index (χ1v) is 8.82. The van der Waals surface area contributed by atoms with Crippen molar-refractivity contribution in [3.63, 3.8) is 0 Å². The van der Waals surface area contributed by atoms with E-state index in [1.165, 1.54) is 16.5 Å². The maximum absolute atomic E-state index is 6.26. The summed E-state index contributed by atoms with van der Waals surface area (Å²) in [4.78, 5) is 0. The third-order valence-electron chi connectivity index (χ3n) is 3.80. The van der Waals surface area contributed by atoms with Gasteiger partial charge in [0.2, 0.25) is 0 Å². The molecule has 0 saturated heterocycles. The highest BCUT2D eigenvalue weighted by Gasteiger charge is 2.18. The van der Waals surface area contributed by atoms with E-state index in [2.05, 4.69) is 61.1 Å². The van der Waals surface area contributed by atoms with Gasteiger partial charge in [-0.3, -0.25) is 0 Å². The Hall–Kier alpha value is -0.800. The van der Waals surface area contributed by atoms with Gasteiger partial charge in [0.15, 0.2) is 0 Å². The van der Waals surface area contributed by atoms with Crippen LogP contribution in [0.1, 0.15) is 63.3 Å². The van der Waals surface area contributed by atoms with Gasteiger partial charge in [-0.2, -0.15) is 0 Å². The summed E-state index contributed by atoms with van der Waals surface area (Å²) in [6.07, 6.45) is 3.36. The van der Waals surface area contributed by atoms with Gasteiger partial charge in [-0.1, -0.05) is 50.0 Å². The molecule has 0 fully saturated rings. The lowest BCUT2D eigenvalue weighted by Gasteiger charge is -2.07. The molecule has 2 aromatic rings. The van der Waals surface area contributed by atoms with Gasteiger partial charge in [-0.25, -0.2) is 0 Å². The third kappa shape index (κ3) is 3.70. The molecule has 1 heterocycles. The molecular weight excluding hydrogens is 326 g/mol. The number of hydrogen-bond donors (Lipinski definition) is 1. The molecule has 1 aromatic heterocycles. The molecule has 0 spiro atoms. The Bertz CT molecular complexity index is 601. The molecule has 0 aliphatic rings. The highest BCUT2D eigenvalue weighted by molar-refractivity contribution is 9.10. The molecule has 0 atom stereocenters. The second kappa shape index (κ2) is 7.46. The number of benzene rings is 1. The van der Waals surface area contributed by atoms with Crippen LogP contribution in [-0.2, 0) is 13.0 Å². The Morgan fingerprint density at radius 2 is 1.95 bits per heavy atom. The normalized spacial score (nSPS) is 11.7. The lowest BCUT2D eigenvalue weighted by atomic mass is 9.98. The van der Waals surface area contributed by atoms with Crippen molar-refractivity contribution in [1.29, 1.82) is 0 Å². The van der Waals surface area contributed by atoms with E-state index in [-0.39, 0.29) is 0 Å². The quantitative estimate of drug-likeness (QED) is 0.640. The molecule has 0 aliphatic heterocycles. The summed E-state index contributed by atoms with van der Waals surface area (Å²) in [6, 6.07) is 4.40. The molecule has 2 nitrogen and oxygen atoms in total. The van der Waals surface area contributed by atoms with Crippen LogP contribution in [0.15, 0.2) is 21.0 Å². The SMILES string of the molecule is CCCNCc1oc2c(C(C)C)cc(Br)cc2c1CCC. The molecular formula is C18H26BrNO. The Labute approximate surface area is 136 Å². The largest absolute Gasteiger partial charge is 0.459 e. The summed E-state index contributed by atoms with van der Waals surface area (Å²) in [5, 5.41) is 4.75. The Balaban J connectivity index is 2.52. The molecule has 1 N–H and O–H groups in total. The number of fused-ring (bicyclic) bond motifs is 1. The van der Waals surface area contributed by atoms with Gasteiger partial charge in [0.25, 0.3) is 0 Å². The van der Waals surface area contributed by atoms with Gasteiger partial charge in [-0.05, 0) is 43.0 Å². The Morgan fingerprint density at radius 1 is 1.19 bits per heavy atom. The van der Waals surface area contributed by atoms with E-state index in [4.69, 9.17) is 4.42 Å². The van der Waals surface area contributed by atoms with Crippen LogP contribution in [0.3, 0.4) is 0 Å². The van der Waals surface area contributed by atoms with Gasteiger partial charge < -0.3 is 9.73 Å². The monoisotopic (exact) mass is 351 g/mol. The van der Waals surface area contributed by atoms with Crippen LogP contribution in [0.2, 0.25) is 0 Å². The lowest BCUT2D eigenvalue weighted by molar-refractivity contribution is 0.503. The van der Waals surface area contributed by atoms with E-state index < -0.39 is 0 Å². The van der Waals surface area contributed by atoms with Crippen molar-refractivity contribution >= 4 is 26.9 Å². The number of halogens is 1. The van der Waals surface area contributed by atoms with Crippen molar-refractivity contribution < 1.29 is 4.42 Å². The van der Waals surface area contributed by atoms with E-state index >= 15 is 0 Å². The van der Waals surface area contributed by atoms with Crippen molar-refractivity contribution in [2.45, 2.75) is 59.4 Å². The maximum atomic E-state index is 6.26. The molecule has 0 unspecified atom stereocenters. The van der Waals surface area contributed by atoms with Crippen molar-refractivity contribution in [1.82, 2.24) is 5.32 Å². The minimum absolute atomic E-state index is 0.460. The molecule has 0 bridgehead atoms. The zero-order valence-electron chi connectivity index (χ0n) is 13.6.